The SMILES string of the molecule is COc1cc(C(=O)c2ccc3oc(=O)n(C)c3c2C)cc(Cl)n1. The molecule has 0 aliphatic carbocycles. The van der Waals surface area contributed by atoms with Gasteiger partial charge in [-0.05, 0) is 30.7 Å². The topological polar surface area (TPSA) is 74.3 Å². The van der Waals surface area contributed by atoms with Gasteiger partial charge in [-0.3, -0.25) is 9.36 Å². The Morgan fingerprint density at radius 3 is 2.78 bits per heavy atom. The fourth-order valence-corrected chi connectivity index (χ4v) is 2.74. The van der Waals surface area contributed by atoms with Crippen molar-refractivity contribution in [1.29, 1.82) is 0 Å². The van der Waals surface area contributed by atoms with Gasteiger partial charge in [0.2, 0.25) is 5.88 Å². The third-order valence-corrected chi connectivity index (χ3v) is 3.88. The van der Waals surface area contributed by atoms with Gasteiger partial charge in [0.15, 0.2) is 11.4 Å². The molecule has 6 nitrogen and oxygen atoms in total. The first-order chi connectivity index (χ1) is 10.9. The van der Waals surface area contributed by atoms with Crippen LogP contribution in [0, 0.1) is 6.92 Å². The Morgan fingerprint density at radius 1 is 1.35 bits per heavy atom. The summed E-state index contributed by atoms with van der Waals surface area (Å²) in [5.41, 5.74) is 2.51. The molecule has 0 fully saturated rings. The fourth-order valence-electron chi connectivity index (χ4n) is 2.54. The number of methoxy groups -OCH3 is 1. The van der Waals surface area contributed by atoms with Crippen LogP contribution in [0.3, 0.4) is 0 Å². The molecule has 0 bridgehead atoms. The smallest absolute Gasteiger partial charge is 0.419 e. The van der Waals surface area contributed by atoms with Crippen molar-refractivity contribution in [3.05, 3.63) is 56.7 Å². The molecule has 118 valence electrons. The summed E-state index contributed by atoms with van der Waals surface area (Å²) in [5.74, 6) is -0.447. The lowest BCUT2D eigenvalue weighted by molar-refractivity contribution is 0.103. The number of ether oxygens (including phenoxy) is 1. The number of benzene rings is 1. The number of ketones is 1. The van der Waals surface area contributed by atoms with Crippen molar-refractivity contribution in [2.75, 3.05) is 7.11 Å². The van der Waals surface area contributed by atoms with Crippen LogP contribution in [0.5, 0.6) is 5.88 Å². The van der Waals surface area contributed by atoms with E-state index >= 15 is 0 Å². The minimum atomic E-state index is -0.471. The lowest BCUT2D eigenvalue weighted by atomic mass is 9.99. The van der Waals surface area contributed by atoms with Gasteiger partial charge >= 0.3 is 5.76 Å². The second-order valence-corrected chi connectivity index (χ2v) is 5.45. The van der Waals surface area contributed by atoms with Crippen molar-refractivity contribution in [2.45, 2.75) is 6.92 Å². The van der Waals surface area contributed by atoms with Gasteiger partial charge in [-0.15, -0.1) is 0 Å². The highest BCUT2D eigenvalue weighted by atomic mass is 35.5. The van der Waals surface area contributed by atoms with Crippen LogP contribution in [0.2, 0.25) is 5.15 Å². The highest BCUT2D eigenvalue weighted by Crippen LogP contribution is 2.25. The molecule has 7 heteroatoms. The molecule has 23 heavy (non-hydrogen) atoms. The summed E-state index contributed by atoms with van der Waals surface area (Å²) in [6, 6.07) is 6.23. The third kappa shape index (κ3) is 2.51. The molecular weight excluding hydrogens is 320 g/mol. The number of fused-ring (bicyclic) bond motifs is 1. The van der Waals surface area contributed by atoms with Crippen LogP contribution in [-0.2, 0) is 7.05 Å². The molecule has 2 aromatic heterocycles. The monoisotopic (exact) mass is 332 g/mol. The minimum absolute atomic E-state index is 0.169. The fraction of sp³-hybridized carbons (Fsp3) is 0.188. The molecule has 0 radical (unpaired) electrons. The van der Waals surface area contributed by atoms with E-state index < -0.39 is 5.76 Å². The standard InChI is InChI=1S/C16H13ClN2O4/c1-8-10(4-5-11-14(8)19(2)16(21)23-11)15(20)9-6-12(17)18-13(7-9)22-3/h4-7H,1-3H3. The molecule has 0 atom stereocenters. The molecule has 0 amide bonds. The Kier molecular flexibility index (Phi) is 3.69. The number of pyridine rings is 1. The lowest BCUT2D eigenvalue weighted by Crippen LogP contribution is -2.10. The van der Waals surface area contributed by atoms with E-state index in [-0.39, 0.29) is 16.8 Å². The average molecular weight is 333 g/mol. The second-order valence-electron chi connectivity index (χ2n) is 5.06. The van der Waals surface area contributed by atoms with E-state index in [0.29, 0.717) is 27.8 Å². The number of hydrogen-bond donors (Lipinski definition) is 0. The highest BCUT2D eigenvalue weighted by molar-refractivity contribution is 6.30. The zero-order chi connectivity index (χ0) is 16.7. The van der Waals surface area contributed by atoms with Crippen LogP contribution >= 0.6 is 11.6 Å². The number of hydrogen-bond acceptors (Lipinski definition) is 5. The van der Waals surface area contributed by atoms with Gasteiger partial charge in [0.25, 0.3) is 0 Å². The number of oxazole rings is 1. The van der Waals surface area contributed by atoms with E-state index in [2.05, 4.69) is 4.98 Å². The summed E-state index contributed by atoms with van der Waals surface area (Å²) in [6.07, 6.45) is 0. The van der Waals surface area contributed by atoms with Crippen molar-refractivity contribution >= 4 is 28.5 Å². The Morgan fingerprint density at radius 2 is 2.09 bits per heavy atom. The van der Waals surface area contributed by atoms with E-state index in [0.717, 1.165) is 0 Å². The predicted octanol–water partition coefficient (Wildman–Crippen LogP) is 2.73. The number of aryl methyl sites for hydroxylation is 2. The van der Waals surface area contributed by atoms with Crippen LogP contribution in [0.1, 0.15) is 21.5 Å². The predicted molar refractivity (Wildman–Crippen MR) is 85.4 cm³/mol. The van der Waals surface area contributed by atoms with Crippen molar-refractivity contribution in [3.8, 4) is 5.88 Å². The molecule has 1 aromatic carbocycles. The molecule has 0 spiro atoms. The molecule has 3 rings (SSSR count). The number of halogens is 1. The van der Waals surface area contributed by atoms with Crippen LogP contribution in [0.4, 0.5) is 0 Å². The summed E-state index contributed by atoms with van der Waals surface area (Å²) in [7, 11) is 3.05. The van der Waals surface area contributed by atoms with Crippen LogP contribution in [0.15, 0.2) is 33.5 Å². The van der Waals surface area contributed by atoms with E-state index in [1.54, 1.807) is 26.1 Å². The van der Waals surface area contributed by atoms with Crippen LogP contribution in [-0.4, -0.2) is 22.4 Å². The maximum absolute atomic E-state index is 12.8. The third-order valence-electron chi connectivity index (χ3n) is 3.69. The summed E-state index contributed by atoms with van der Waals surface area (Å²) >= 11 is 5.92. The minimum Gasteiger partial charge on any atom is -0.481 e. The summed E-state index contributed by atoms with van der Waals surface area (Å²) in [4.78, 5) is 28.4. The highest BCUT2D eigenvalue weighted by Gasteiger charge is 2.18. The van der Waals surface area contributed by atoms with Gasteiger partial charge in [-0.1, -0.05) is 11.6 Å². The Hall–Kier alpha value is -2.60. The molecular formula is C16H13ClN2O4. The van der Waals surface area contributed by atoms with Crippen molar-refractivity contribution in [2.24, 2.45) is 7.05 Å². The van der Waals surface area contributed by atoms with E-state index in [1.165, 1.54) is 23.8 Å². The van der Waals surface area contributed by atoms with Gasteiger partial charge in [0.05, 0.1) is 12.6 Å². The first kappa shape index (κ1) is 15.3. The number of carbonyl (C=O) groups excluding carboxylic acids is 1. The normalized spacial score (nSPS) is 11.0. The van der Waals surface area contributed by atoms with Crippen LogP contribution in [0.25, 0.3) is 11.1 Å². The number of nitrogens with zero attached hydrogens (tertiary/aromatic N) is 2. The molecule has 0 N–H and O–H groups in total. The van der Waals surface area contributed by atoms with Crippen molar-refractivity contribution in [1.82, 2.24) is 9.55 Å². The summed E-state index contributed by atoms with van der Waals surface area (Å²) in [5, 5.41) is 0.169. The zero-order valence-corrected chi connectivity index (χ0v) is 13.5. The van der Waals surface area contributed by atoms with E-state index in [1.807, 2.05) is 0 Å². The van der Waals surface area contributed by atoms with Crippen molar-refractivity contribution < 1.29 is 13.9 Å². The molecule has 0 saturated heterocycles. The Labute approximate surface area is 136 Å². The molecule has 0 unspecified atom stereocenters. The van der Waals surface area contributed by atoms with E-state index in [4.69, 9.17) is 20.8 Å². The maximum Gasteiger partial charge on any atom is 0.419 e. The number of carbonyl (C=O) groups is 1. The zero-order valence-electron chi connectivity index (χ0n) is 12.7. The number of aromatic nitrogens is 2. The molecule has 0 saturated carbocycles. The second kappa shape index (κ2) is 5.55. The Bertz CT molecular complexity index is 988. The van der Waals surface area contributed by atoms with Gasteiger partial charge < -0.3 is 9.15 Å². The molecule has 2 heterocycles. The first-order valence-electron chi connectivity index (χ1n) is 6.77. The van der Waals surface area contributed by atoms with Gasteiger partial charge in [0, 0.05) is 24.2 Å². The lowest BCUT2D eigenvalue weighted by Gasteiger charge is -2.08. The van der Waals surface area contributed by atoms with Crippen LogP contribution < -0.4 is 10.5 Å². The number of rotatable bonds is 3. The largest absolute Gasteiger partial charge is 0.481 e. The van der Waals surface area contributed by atoms with E-state index in [9.17, 15) is 9.59 Å². The van der Waals surface area contributed by atoms with Gasteiger partial charge in [0.1, 0.15) is 5.15 Å². The maximum atomic E-state index is 12.8. The van der Waals surface area contributed by atoms with Gasteiger partial charge in [-0.25, -0.2) is 9.78 Å². The van der Waals surface area contributed by atoms with Crippen molar-refractivity contribution in [3.63, 3.8) is 0 Å². The first-order valence-corrected chi connectivity index (χ1v) is 7.15. The molecule has 0 aliphatic heterocycles. The molecule has 0 aliphatic rings. The molecule has 3 aromatic rings. The van der Waals surface area contributed by atoms with Gasteiger partial charge in [-0.2, -0.15) is 0 Å². The summed E-state index contributed by atoms with van der Waals surface area (Å²) in [6.45, 7) is 1.77. The summed E-state index contributed by atoms with van der Waals surface area (Å²) < 4.78 is 11.5. The average Bonchev–Trinajstić information content (AvgIpc) is 2.82. The quantitative estimate of drug-likeness (QED) is 0.544. The Balaban J connectivity index is 2.18.